The van der Waals surface area contributed by atoms with Crippen LogP contribution < -0.4 is 5.62 Å². The summed E-state index contributed by atoms with van der Waals surface area (Å²) in [7, 11) is 0. The Hall–Kier alpha value is -1.12. The Kier molecular flexibility index (Phi) is 1.85. The van der Waals surface area contributed by atoms with E-state index in [2.05, 4.69) is 23.8 Å². The molecule has 1 aromatic heterocycles. The van der Waals surface area contributed by atoms with Crippen molar-refractivity contribution >= 4 is 0 Å². The van der Waals surface area contributed by atoms with Gasteiger partial charge in [-0.2, -0.15) is 0 Å². The molecule has 0 radical (unpaired) electrons. The van der Waals surface area contributed by atoms with Gasteiger partial charge in [0, 0.05) is 11.9 Å². The summed E-state index contributed by atoms with van der Waals surface area (Å²) in [5.41, 5.74) is 1.19. The SMILES string of the molecule is CC(C)c1cc[nH]c(=N)n1. The van der Waals surface area contributed by atoms with Crippen molar-refractivity contribution in [2.45, 2.75) is 19.8 Å². The molecule has 0 aliphatic rings. The topological polar surface area (TPSA) is 52.5 Å². The zero-order chi connectivity index (χ0) is 7.56. The molecule has 0 amide bonds. The molecule has 10 heavy (non-hydrogen) atoms. The Bertz CT molecular complexity index is 262. The second-order valence-corrected chi connectivity index (χ2v) is 2.52. The predicted octanol–water partition coefficient (Wildman–Crippen LogP) is 1.01. The highest BCUT2D eigenvalue weighted by molar-refractivity contribution is 5.01. The molecule has 0 unspecified atom stereocenters. The largest absolute Gasteiger partial charge is 0.331 e. The second kappa shape index (κ2) is 2.64. The quantitative estimate of drug-likeness (QED) is 0.596. The standard InChI is InChI=1S/C7H11N3/c1-5(2)6-3-4-9-7(8)10-6/h3-5H,1-2H3,(H2,8,9,10). The third-order valence-corrected chi connectivity index (χ3v) is 1.31. The van der Waals surface area contributed by atoms with Crippen LogP contribution in [0.2, 0.25) is 0 Å². The molecule has 0 aliphatic heterocycles. The molecule has 0 aromatic carbocycles. The smallest absolute Gasteiger partial charge is 0.219 e. The molecule has 1 heterocycles. The van der Waals surface area contributed by atoms with Crippen molar-refractivity contribution in [3.63, 3.8) is 0 Å². The monoisotopic (exact) mass is 137 g/mol. The Labute approximate surface area is 59.7 Å². The Morgan fingerprint density at radius 1 is 1.60 bits per heavy atom. The number of nitrogens with zero attached hydrogens (tertiary/aromatic N) is 1. The van der Waals surface area contributed by atoms with E-state index in [1.165, 1.54) is 0 Å². The maximum absolute atomic E-state index is 7.16. The first kappa shape index (κ1) is 6.99. The van der Waals surface area contributed by atoms with E-state index < -0.39 is 0 Å². The molecule has 3 nitrogen and oxygen atoms in total. The van der Waals surface area contributed by atoms with Crippen molar-refractivity contribution in [2.24, 2.45) is 0 Å². The van der Waals surface area contributed by atoms with E-state index >= 15 is 0 Å². The molecule has 2 N–H and O–H groups in total. The van der Waals surface area contributed by atoms with Crippen LogP contribution in [0.15, 0.2) is 12.3 Å². The summed E-state index contributed by atoms with van der Waals surface area (Å²) in [5.74, 6) is 0.402. The van der Waals surface area contributed by atoms with E-state index in [1.54, 1.807) is 6.20 Å². The highest BCUT2D eigenvalue weighted by Crippen LogP contribution is 2.06. The van der Waals surface area contributed by atoms with Crippen molar-refractivity contribution in [3.05, 3.63) is 23.6 Å². The Balaban J connectivity index is 3.07. The lowest BCUT2D eigenvalue weighted by molar-refractivity contribution is 0.787. The average molecular weight is 137 g/mol. The minimum Gasteiger partial charge on any atom is -0.331 e. The van der Waals surface area contributed by atoms with Gasteiger partial charge >= 0.3 is 0 Å². The fraction of sp³-hybridized carbons (Fsp3) is 0.429. The molecule has 0 atom stereocenters. The van der Waals surface area contributed by atoms with Crippen molar-refractivity contribution in [3.8, 4) is 0 Å². The van der Waals surface area contributed by atoms with E-state index in [0.717, 1.165) is 5.69 Å². The number of hydrogen-bond donors (Lipinski definition) is 2. The third kappa shape index (κ3) is 1.43. The van der Waals surface area contributed by atoms with E-state index in [-0.39, 0.29) is 5.62 Å². The summed E-state index contributed by atoms with van der Waals surface area (Å²) in [5, 5.41) is 7.16. The number of nitrogens with one attached hydrogen (secondary N) is 2. The van der Waals surface area contributed by atoms with Crippen LogP contribution in [-0.2, 0) is 0 Å². The van der Waals surface area contributed by atoms with Crippen LogP contribution in [0, 0.1) is 5.41 Å². The minimum absolute atomic E-state index is 0.228. The summed E-state index contributed by atoms with van der Waals surface area (Å²) in [6, 6.07) is 1.89. The van der Waals surface area contributed by atoms with Crippen molar-refractivity contribution in [1.82, 2.24) is 9.97 Å². The van der Waals surface area contributed by atoms with Gasteiger partial charge in [0.05, 0.1) is 0 Å². The number of aromatic nitrogens is 2. The molecule has 0 bridgehead atoms. The molecule has 0 saturated heterocycles. The highest BCUT2D eigenvalue weighted by Gasteiger charge is 1.97. The van der Waals surface area contributed by atoms with Gasteiger partial charge in [-0.1, -0.05) is 13.8 Å². The molecule has 1 rings (SSSR count). The first-order chi connectivity index (χ1) is 4.70. The first-order valence-electron chi connectivity index (χ1n) is 3.30. The van der Waals surface area contributed by atoms with Gasteiger partial charge in [-0.3, -0.25) is 5.41 Å². The molecule has 0 aliphatic carbocycles. The van der Waals surface area contributed by atoms with Gasteiger partial charge in [-0.15, -0.1) is 0 Å². The van der Waals surface area contributed by atoms with Crippen LogP contribution in [0.5, 0.6) is 0 Å². The predicted molar refractivity (Wildman–Crippen MR) is 38.5 cm³/mol. The van der Waals surface area contributed by atoms with Crippen LogP contribution in [0.4, 0.5) is 0 Å². The molecule has 3 heteroatoms. The Morgan fingerprint density at radius 3 is 2.70 bits per heavy atom. The van der Waals surface area contributed by atoms with Crippen molar-refractivity contribution in [2.75, 3.05) is 0 Å². The zero-order valence-electron chi connectivity index (χ0n) is 6.18. The molecule has 54 valence electrons. The van der Waals surface area contributed by atoms with Crippen molar-refractivity contribution in [1.29, 1.82) is 5.41 Å². The van der Waals surface area contributed by atoms with Gasteiger partial charge in [0.15, 0.2) is 0 Å². The van der Waals surface area contributed by atoms with Gasteiger partial charge in [-0.05, 0) is 12.0 Å². The summed E-state index contributed by atoms with van der Waals surface area (Å²) >= 11 is 0. The molecular weight excluding hydrogens is 126 g/mol. The number of hydrogen-bond acceptors (Lipinski definition) is 2. The van der Waals surface area contributed by atoms with E-state index in [0.29, 0.717) is 5.92 Å². The number of aromatic amines is 1. The van der Waals surface area contributed by atoms with Gasteiger partial charge in [0.1, 0.15) is 0 Å². The third-order valence-electron chi connectivity index (χ3n) is 1.31. The van der Waals surface area contributed by atoms with E-state index in [4.69, 9.17) is 5.41 Å². The maximum Gasteiger partial charge on any atom is 0.219 e. The lowest BCUT2D eigenvalue weighted by Gasteiger charge is -2.00. The van der Waals surface area contributed by atoms with Crippen LogP contribution >= 0.6 is 0 Å². The number of rotatable bonds is 1. The highest BCUT2D eigenvalue weighted by atomic mass is 14.9. The lowest BCUT2D eigenvalue weighted by atomic mass is 10.1. The molecular formula is C7H11N3. The average Bonchev–Trinajstić information content (AvgIpc) is 1.88. The maximum atomic E-state index is 7.16. The van der Waals surface area contributed by atoms with Gasteiger partial charge in [0.2, 0.25) is 5.62 Å². The van der Waals surface area contributed by atoms with E-state index in [9.17, 15) is 0 Å². The summed E-state index contributed by atoms with van der Waals surface area (Å²) in [6.45, 7) is 4.11. The fourth-order valence-electron chi connectivity index (χ4n) is 0.726. The fourth-order valence-corrected chi connectivity index (χ4v) is 0.726. The minimum atomic E-state index is 0.228. The molecule has 0 saturated carbocycles. The zero-order valence-corrected chi connectivity index (χ0v) is 6.18. The van der Waals surface area contributed by atoms with Gasteiger partial charge in [0.25, 0.3) is 0 Å². The van der Waals surface area contributed by atoms with E-state index in [1.807, 2.05) is 6.07 Å². The normalized spacial score (nSPS) is 10.3. The summed E-state index contributed by atoms with van der Waals surface area (Å²) in [4.78, 5) is 6.67. The Morgan fingerprint density at radius 2 is 2.30 bits per heavy atom. The van der Waals surface area contributed by atoms with Crippen molar-refractivity contribution < 1.29 is 0 Å². The van der Waals surface area contributed by atoms with Crippen LogP contribution in [0.25, 0.3) is 0 Å². The second-order valence-electron chi connectivity index (χ2n) is 2.52. The summed E-state index contributed by atoms with van der Waals surface area (Å²) < 4.78 is 0. The molecule has 1 aromatic rings. The summed E-state index contributed by atoms with van der Waals surface area (Å²) in [6.07, 6.45) is 1.74. The lowest BCUT2D eigenvalue weighted by Crippen LogP contribution is -2.12. The van der Waals surface area contributed by atoms with Crippen LogP contribution in [-0.4, -0.2) is 9.97 Å². The molecule has 0 spiro atoms. The first-order valence-corrected chi connectivity index (χ1v) is 3.30. The van der Waals surface area contributed by atoms with Gasteiger partial charge in [-0.25, -0.2) is 4.98 Å². The number of H-pyrrole nitrogens is 1. The van der Waals surface area contributed by atoms with Gasteiger partial charge < -0.3 is 4.98 Å². The van der Waals surface area contributed by atoms with Crippen LogP contribution in [0.3, 0.4) is 0 Å². The molecule has 0 fully saturated rings. The van der Waals surface area contributed by atoms with Crippen LogP contribution in [0.1, 0.15) is 25.5 Å².